The van der Waals surface area contributed by atoms with Crippen LogP contribution in [-0.4, -0.2) is 18.2 Å². The summed E-state index contributed by atoms with van der Waals surface area (Å²) in [6, 6.07) is 16.3. The number of carbonyl (C=O) groups excluding carboxylic acids is 1. The molecule has 0 saturated carbocycles. The van der Waals surface area contributed by atoms with Crippen LogP contribution in [0.15, 0.2) is 54.6 Å². The average molecular weight is 299 g/mol. The second kappa shape index (κ2) is 6.52. The molecule has 0 aromatic heterocycles. The highest BCUT2D eigenvalue weighted by molar-refractivity contribution is 5.78. The van der Waals surface area contributed by atoms with E-state index in [2.05, 4.69) is 5.32 Å². The van der Waals surface area contributed by atoms with Gasteiger partial charge in [-0.1, -0.05) is 42.5 Å². The summed E-state index contributed by atoms with van der Waals surface area (Å²) in [5, 5.41) is 13.3. The zero-order valence-electron chi connectivity index (χ0n) is 13.0. The molecular formula is C18H21NO3. The number of rotatable bonds is 5. The predicted octanol–water partition coefficient (Wildman–Crippen LogP) is 3.74. The van der Waals surface area contributed by atoms with E-state index in [1.165, 1.54) is 7.11 Å². The van der Waals surface area contributed by atoms with E-state index in [-0.39, 0.29) is 17.8 Å². The Morgan fingerprint density at radius 1 is 1.09 bits per heavy atom. The molecule has 4 heteroatoms. The third-order valence-corrected chi connectivity index (χ3v) is 3.77. The molecule has 4 nitrogen and oxygen atoms in total. The molecule has 22 heavy (non-hydrogen) atoms. The highest BCUT2D eigenvalue weighted by atomic mass is 16.5. The van der Waals surface area contributed by atoms with Crippen LogP contribution in [0.1, 0.15) is 25.5 Å². The largest absolute Gasteiger partial charge is 0.506 e. The zero-order chi connectivity index (χ0) is 16.2. The van der Waals surface area contributed by atoms with Gasteiger partial charge in [0.05, 0.1) is 24.3 Å². The number of hydrogen-bond acceptors (Lipinski definition) is 4. The van der Waals surface area contributed by atoms with E-state index < -0.39 is 5.41 Å². The van der Waals surface area contributed by atoms with E-state index in [4.69, 9.17) is 4.74 Å². The van der Waals surface area contributed by atoms with Crippen molar-refractivity contribution < 1.29 is 14.6 Å². The topological polar surface area (TPSA) is 58.6 Å². The Hall–Kier alpha value is -2.49. The maximum atomic E-state index is 12.2. The minimum absolute atomic E-state index is 0.143. The Balaban J connectivity index is 2.43. The molecule has 2 aromatic rings. The molecule has 0 saturated heterocycles. The maximum absolute atomic E-state index is 12.2. The van der Waals surface area contributed by atoms with Crippen LogP contribution in [0.25, 0.3) is 0 Å². The van der Waals surface area contributed by atoms with Crippen molar-refractivity contribution in [1.82, 2.24) is 0 Å². The van der Waals surface area contributed by atoms with Crippen molar-refractivity contribution in [2.24, 2.45) is 5.41 Å². The van der Waals surface area contributed by atoms with Crippen LogP contribution in [0, 0.1) is 5.41 Å². The molecule has 0 fully saturated rings. The quantitative estimate of drug-likeness (QED) is 0.652. The second-order valence-electron chi connectivity index (χ2n) is 5.72. The first kappa shape index (κ1) is 15.9. The van der Waals surface area contributed by atoms with Crippen LogP contribution >= 0.6 is 0 Å². The van der Waals surface area contributed by atoms with Crippen molar-refractivity contribution in [3.8, 4) is 5.75 Å². The summed E-state index contributed by atoms with van der Waals surface area (Å²) >= 11 is 0. The number of phenols is 1. The van der Waals surface area contributed by atoms with Gasteiger partial charge in [0.25, 0.3) is 0 Å². The molecule has 0 radical (unpaired) electrons. The monoisotopic (exact) mass is 299 g/mol. The fourth-order valence-electron chi connectivity index (χ4n) is 2.46. The summed E-state index contributed by atoms with van der Waals surface area (Å²) in [5.41, 5.74) is 0.716. The van der Waals surface area contributed by atoms with Gasteiger partial charge in [0.2, 0.25) is 0 Å². The minimum Gasteiger partial charge on any atom is -0.506 e. The van der Waals surface area contributed by atoms with Gasteiger partial charge >= 0.3 is 5.97 Å². The van der Waals surface area contributed by atoms with Crippen LogP contribution in [0.3, 0.4) is 0 Å². The molecule has 116 valence electrons. The summed E-state index contributed by atoms with van der Waals surface area (Å²) in [4.78, 5) is 12.2. The third-order valence-electron chi connectivity index (χ3n) is 3.77. The van der Waals surface area contributed by atoms with Crippen molar-refractivity contribution in [3.05, 3.63) is 60.2 Å². The Kier molecular flexibility index (Phi) is 4.71. The first-order valence-electron chi connectivity index (χ1n) is 7.14. The van der Waals surface area contributed by atoms with Gasteiger partial charge in [-0.05, 0) is 31.5 Å². The smallest absolute Gasteiger partial charge is 0.313 e. The van der Waals surface area contributed by atoms with Crippen molar-refractivity contribution in [1.29, 1.82) is 0 Å². The number of esters is 1. The summed E-state index contributed by atoms with van der Waals surface area (Å²) in [5.74, 6) is -0.173. The number of carbonyl (C=O) groups is 1. The van der Waals surface area contributed by atoms with Gasteiger partial charge in [0.15, 0.2) is 0 Å². The van der Waals surface area contributed by atoms with Crippen LogP contribution in [-0.2, 0) is 9.53 Å². The van der Waals surface area contributed by atoms with Crippen molar-refractivity contribution >= 4 is 11.7 Å². The van der Waals surface area contributed by atoms with E-state index in [0.29, 0.717) is 5.69 Å². The number of anilines is 1. The Morgan fingerprint density at radius 2 is 1.68 bits per heavy atom. The lowest BCUT2D eigenvalue weighted by molar-refractivity contribution is -0.151. The van der Waals surface area contributed by atoms with Crippen LogP contribution in [0.2, 0.25) is 0 Å². The lowest BCUT2D eigenvalue weighted by atomic mass is 9.80. The molecule has 0 heterocycles. The molecule has 2 N–H and O–H groups in total. The number of benzene rings is 2. The summed E-state index contributed by atoms with van der Waals surface area (Å²) in [6.07, 6.45) is 0. The first-order chi connectivity index (χ1) is 10.5. The van der Waals surface area contributed by atoms with Gasteiger partial charge in [-0.15, -0.1) is 0 Å². The Bertz CT molecular complexity index is 638. The fourth-order valence-corrected chi connectivity index (χ4v) is 2.46. The number of hydrogen-bond donors (Lipinski definition) is 2. The molecule has 0 amide bonds. The zero-order valence-corrected chi connectivity index (χ0v) is 13.0. The van der Waals surface area contributed by atoms with Gasteiger partial charge < -0.3 is 15.2 Å². The van der Waals surface area contributed by atoms with Crippen LogP contribution in [0.4, 0.5) is 5.69 Å². The molecule has 0 spiro atoms. The summed E-state index contributed by atoms with van der Waals surface area (Å²) in [6.45, 7) is 3.65. The molecule has 2 rings (SSSR count). The van der Waals surface area contributed by atoms with E-state index in [1.54, 1.807) is 18.2 Å². The van der Waals surface area contributed by atoms with Crippen molar-refractivity contribution in [2.45, 2.75) is 19.9 Å². The van der Waals surface area contributed by atoms with Gasteiger partial charge in [-0.2, -0.15) is 0 Å². The van der Waals surface area contributed by atoms with Crippen molar-refractivity contribution in [3.63, 3.8) is 0 Å². The van der Waals surface area contributed by atoms with Gasteiger partial charge in [0.1, 0.15) is 5.75 Å². The third kappa shape index (κ3) is 3.22. The SMILES string of the molecule is COC(=O)C(C)(C)C(Nc1ccccc1O)c1ccccc1. The molecule has 2 aromatic carbocycles. The molecule has 0 aliphatic carbocycles. The van der Waals surface area contributed by atoms with Gasteiger partial charge in [-0.25, -0.2) is 0 Å². The Labute approximate surface area is 130 Å². The number of methoxy groups -OCH3 is 1. The number of phenolic OH excluding ortho intramolecular Hbond substituents is 1. The highest BCUT2D eigenvalue weighted by Crippen LogP contribution is 2.39. The predicted molar refractivity (Wildman–Crippen MR) is 86.7 cm³/mol. The maximum Gasteiger partial charge on any atom is 0.313 e. The first-order valence-corrected chi connectivity index (χ1v) is 7.14. The highest BCUT2D eigenvalue weighted by Gasteiger charge is 2.39. The van der Waals surface area contributed by atoms with E-state index >= 15 is 0 Å². The number of para-hydroxylation sites is 2. The normalized spacial score (nSPS) is 12.5. The number of aromatic hydroxyl groups is 1. The standard InChI is InChI=1S/C18H21NO3/c1-18(2,17(21)22-3)16(13-9-5-4-6-10-13)19-14-11-7-8-12-15(14)20/h4-12,16,19-20H,1-3H3. The Morgan fingerprint density at radius 3 is 2.27 bits per heavy atom. The van der Waals surface area contributed by atoms with Gasteiger partial charge in [0, 0.05) is 0 Å². The van der Waals surface area contributed by atoms with Gasteiger partial charge in [-0.3, -0.25) is 4.79 Å². The molecule has 0 aliphatic heterocycles. The summed E-state index contributed by atoms with van der Waals surface area (Å²) < 4.78 is 4.94. The number of ether oxygens (including phenoxy) is 1. The molecule has 0 bridgehead atoms. The van der Waals surface area contributed by atoms with E-state index in [0.717, 1.165) is 5.56 Å². The number of nitrogens with one attached hydrogen (secondary N) is 1. The van der Waals surface area contributed by atoms with E-state index in [1.807, 2.05) is 50.2 Å². The second-order valence-corrected chi connectivity index (χ2v) is 5.72. The fraction of sp³-hybridized carbons (Fsp3) is 0.278. The lowest BCUT2D eigenvalue weighted by Crippen LogP contribution is -2.36. The van der Waals surface area contributed by atoms with Crippen molar-refractivity contribution in [2.75, 3.05) is 12.4 Å². The molecule has 1 unspecified atom stereocenters. The molecule has 0 aliphatic rings. The van der Waals surface area contributed by atoms with E-state index in [9.17, 15) is 9.90 Å². The summed E-state index contributed by atoms with van der Waals surface area (Å²) in [7, 11) is 1.38. The molecule has 1 atom stereocenters. The minimum atomic E-state index is -0.807. The average Bonchev–Trinajstić information content (AvgIpc) is 2.53. The van der Waals surface area contributed by atoms with Crippen LogP contribution in [0.5, 0.6) is 5.75 Å². The molecular weight excluding hydrogens is 278 g/mol. The van der Waals surface area contributed by atoms with Crippen LogP contribution < -0.4 is 5.32 Å². The lowest BCUT2D eigenvalue weighted by Gasteiger charge is -2.33.